The number of hydrogen-bond donors (Lipinski definition) is 2. The van der Waals surface area contributed by atoms with Gasteiger partial charge in [0.15, 0.2) is 0 Å². The Morgan fingerprint density at radius 1 is 1.09 bits per heavy atom. The number of carbonyl (C=O) groups is 1. The molecule has 1 atom stereocenters. The zero-order chi connectivity index (χ0) is 16.9. The van der Waals surface area contributed by atoms with Gasteiger partial charge in [-0.1, -0.05) is 29.8 Å². The number of aromatic nitrogens is 1. The molecule has 0 fully saturated rings. The van der Waals surface area contributed by atoms with Crippen LogP contribution >= 0.6 is 0 Å². The van der Waals surface area contributed by atoms with E-state index in [-0.39, 0.29) is 12.6 Å². The van der Waals surface area contributed by atoms with Crippen LogP contribution in [0.15, 0.2) is 48.8 Å². The van der Waals surface area contributed by atoms with E-state index in [1.807, 2.05) is 43.3 Å². The average Bonchev–Trinajstić information content (AvgIpc) is 2.52. The van der Waals surface area contributed by atoms with Gasteiger partial charge in [-0.05, 0) is 30.2 Å². The number of sulfonamides is 1. The Balaban J connectivity index is 2.21. The molecule has 2 aromatic rings. The molecule has 1 heterocycles. The van der Waals surface area contributed by atoms with Crippen molar-refractivity contribution in [2.75, 3.05) is 12.8 Å². The maximum absolute atomic E-state index is 12.1. The lowest BCUT2D eigenvalue weighted by Gasteiger charge is -2.20. The minimum Gasteiger partial charge on any atom is -0.344 e. The van der Waals surface area contributed by atoms with Crippen LogP contribution in [0.2, 0.25) is 0 Å². The molecule has 1 aromatic heterocycles. The molecule has 0 spiro atoms. The Bertz CT molecular complexity index is 759. The first kappa shape index (κ1) is 17.1. The van der Waals surface area contributed by atoms with Crippen molar-refractivity contribution in [3.05, 3.63) is 65.5 Å². The molecule has 7 heteroatoms. The van der Waals surface area contributed by atoms with Crippen molar-refractivity contribution in [3.8, 4) is 0 Å². The lowest BCUT2D eigenvalue weighted by molar-refractivity contribution is -0.120. The Kier molecular flexibility index (Phi) is 5.46. The number of hydrogen-bond acceptors (Lipinski definition) is 4. The second-order valence-electron chi connectivity index (χ2n) is 5.29. The Labute approximate surface area is 136 Å². The van der Waals surface area contributed by atoms with Crippen molar-refractivity contribution in [2.45, 2.75) is 13.0 Å². The second-order valence-corrected chi connectivity index (χ2v) is 7.12. The number of carbonyl (C=O) groups excluding carboxylic acids is 1. The van der Waals surface area contributed by atoms with Gasteiger partial charge in [0, 0.05) is 12.4 Å². The van der Waals surface area contributed by atoms with Crippen LogP contribution in [-0.2, 0) is 14.8 Å². The average molecular weight is 333 g/mol. The number of rotatable bonds is 6. The third-order valence-corrected chi connectivity index (χ3v) is 3.92. The molecule has 0 saturated heterocycles. The molecular weight excluding hydrogens is 314 g/mol. The fourth-order valence-electron chi connectivity index (χ4n) is 2.08. The van der Waals surface area contributed by atoms with Gasteiger partial charge < -0.3 is 5.32 Å². The van der Waals surface area contributed by atoms with Crippen LogP contribution < -0.4 is 10.0 Å². The second kappa shape index (κ2) is 7.34. The minimum absolute atomic E-state index is 0.299. The van der Waals surface area contributed by atoms with Crippen molar-refractivity contribution in [1.29, 1.82) is 0 Å². The zero-order valence-electron chi connectivity index (χ0n) is 13.0. The first-order valence-electron chi connectivity index (χ1n) is 7.05. The topological polar surface area (TPSA) is 88.2 Å². The van der Waals surface area contributed by atoms with Crippen LogP contribution in [0.4, 0.5) is 0 Å². The first-order chi connectivity index (χ1) is 10.8. The summed E-state index contributed by atoms with van der Waals surface area (Å²) in [6, 6.07) is 11.1. The molecule has 1 amide bonds. The predicted octanol–water partition coefficient (Wildman–Crippen LogP) is 1.14. The van der Waals surface area contributed by atoms with Gasteiger partial charge in [0.1, 0.15) is 0 Å². The highest BCUT2D eigenvalue weighted by Gasteiger charge is 2.17. The minimum atomic E-state index is -3.41. The van der Waals surface area contributed by atoms with Gasteiger partial charge >= 0.3 is 0 Å². The summed E-state index contributed by atoms with van der Waals surface area (Å²) < 4.78 is 24.4. The Morgan fingerprint density at radius 3 is 2.22 bits per heavy atom. The quantitative estimate of drug-likeness (QED) is 0.830. The number of nitrogens with one attached hydrogen (secondary N) is 2. The van der Waals surface area contributed by atoms with Gasteiger partial charge in [0.25, 0.3) is 0 Å². The number of pyridine rings is 1. The van der Waals surface area contributed by atoms with Crippen LogP contribution in [0.3, 0.4) is 0 Å². The fourth-order valence-corrected chi connectivity index (χ4v) is 2.48. The van der Waals surface area contributed by atoms with Gasteiger partial charge in [-0.3, -0.25) is 9.78 Å². The molecule has 1 aromatic carbocycles. The monoisotopic (exact) mass is 333 g/mol. The van der Waals surface area contributed by atoms with E-state index in [2.05, 4.69) is 15.0 Å². The number of benzene rings is 1. The molecule has 1 unspecified atom stereocenters. The lowest BCUT2D eigenvalue weighted by Crippen LogP contribution is -2.38. The van der Waals surface area contributed by atoms with Gasteiger partial charge in [0.05, 0.1) is 18.8 Å². The summed E-state index contributed by atoms with van der Waals surface area (Å²) in [4.78, 5) is 16.0. The summed E-state index contributed by atoms with van der Waals surface area (Å²) in [5.41, 5.74) is 2.90. The molecule has 122 valence electrons. The van der Waals surface area contributed by atoms with Crippen LogP contribution in [0.25, 0.3) is 0 Å². The normalized spacial score (nSPS) is 12.6. The van der Waals surface area contributed by atoms with E-state index in [1.54, 1.807) is 12.4 Å². The van der Waals surface area contributed by atoms with Crippen LogP contribution in [0, 0.1) is 6.92 Å². The van der Waals surface area contributed by atoms with E-state index < -0.39 is 15.9 Å². The third-order valence-electron chi connectivity index (χ3n) is 3.25. The van der Waals surface area contributed by atoms with E-state index >= 15 is 0 Å². The van der Waals surface area contributed by atoms with E-state index in [0.717, 1.165) is 22.9 Å². The van der Waals surface area contributed by atoms with Gasteiger partial charge in [-0.25, -0.2) is 13.1 Å². The number of amides is 1. The SMILES string of the molecule is Cc1ccc(C(NC(=O)CNS(C)(=O)=O)c2ccncc2)cc1. The predicted molar refractivity (Wildman–Crippen MR) is 88.2 cm³/mol. The molecule has 0 saturated carbocycles. The number of nitrogens with zero attached hydrogens (tertiary/aromatic N) is 1. The molecule has 0 radical (unpaired) electrons. The van der Waals surface area contributed by atoms with Gasteiger partial charge in [-0.2, -0.15) is 0 Å². The third kappa shape index (κ3) is 5.46. The molecular formula is C16H19N3O3S. The smallest absolute Gasteiger partial charge is 0.235 e. The molecule has 2 N–H and O–H groups in total. The summed E-state index contributed by atoms with van der Waals surface area (Å²) in [5, 5.41) is 2.85. The van der Waals surface area contributed by atoms with Crippen molar-refractivity contribution in [1.82, 2.24) is 15.0 Å². The van der Waals surface area contributed by atoms with Crippen LogP contribution in [-0.4, -0.2) is 32.1 Å². The molecule has 0 aliphatic rings. The van der Waals surface area contributed by atoms with E-state index in [4.69, 9.17) is 0 Å². The molecule has 0 bridgehead atoms. The summed E-state index contributed by atoms with van der Waals surface area (Å²) in [7, 11) is -3.41. The largest absolute Gasteiger partial charge is 0.344 e. The summed E-state index contributed by atoms with van der Waals surface area (Å²) in [5.74, 6) is -0.405. The summed E-state index contributed by atoms with van der Waals surface area (Å²) in [6.45, 7) is 1.69. The molecule has 23 heavy (non-hydrogen) atoms. The summed E-state index contributed by atoms with van der Waals surface area (Å²) in [6.07, 6.45) is 4.31. The first-order valence-corrected chi connectivity index (χ1v) is 8.95. The van der Waals surface area contributed by atoms with Crippen LogP contribution in [0.5, 0.6) is 0 Å². The standard InChI is InChI=1S/C16H19N3O3S/c1-12-3-5-13(6-4-12)16(14-7-9-17-10-8-14)19-15(20)11-18-23(2,21)22/h3-10,16,18H,11H2,1-2H3,(H,19,20). The van der Waals surface area contributed by atoms with Crippen molar-refractivity contribution < 1.29 is 13.2 Å². The highest BCUT2D eigenvalue weighted by atomic mass is 32.2. The van der Waals surface area contributed by atoms with E-state index in [9.17, 15) is 13.2 Å². The highest BCUT2D eigenvalue weighted by molar-refractivity contribution is 7.88. The highest BCUT2D eigenvalue weighted by Crippen LogP contribution is 2.21. The van der Waals surface area contributed by atoms with Crippen molar-refractivity contribution in [3.63, 3.8) is 0 Å². The van der Waals surface area contributed by atoms with Gasteiger partial charge in [0.2, 0.25) is 15.9 Å². The van der Waals surface area contributed by atoms with E-state index in [0.29, 0.717) is 0 Å². The van der Waals surface area contributed by atoms with Crippen molar-refractivity contribution >= 4 is 15.9 Å². The number of aryl methyl sites for hydroxylation is 1. The molecule has 0 aliphatic heterocycles. The summed E-state index contributed by atoms with van der Waals surface area (Å²) >= 11 is 0. The lowest BCUT2D eigenvalue weighted by atomic mass is 9.98. The molecule has 0 aliphatic carbocycles. The van der Waals surface area contributed by atoms with Crippen molar-refractivity contribution in [2.24, 2.45) is 0 Å². The fraction of sp³-hybridized carbons (Fsp3) is 0.250. The van der Waals surface area contributed by atoms with E-state index in [1.165, 1.54) is 0 Å². The van der Waals surface area contributed by atoms with Gasteiger partial charge in [-0.15, -0.1) is 0 Å². The molecule has 2 rings (SSSR count). The zero-order valence-corrected chi connectivity index (χ0v) is 13.8. The Morgan fingerprint density at radius 2 is 1.65 bits per heavy atom. The molecule has 6 nitrogen and oxygen atoms in total. The van der Waals surface area contributed by atoms with Crippen LogP contribution in [0.1, 0.15) is 22.7 Å². The maximum atomic E-state index is 12.1. The Hall–Kier alpha value is -2.25. The maximum Gasteiger partial charge on any atom is 0.235 e.